The first-order chi connectivity index (χ1) is 14.3. The van der Waals surface area contributed by atoms with Crippen LogP contribution in [0.4, 0.5) is 0 Å². The minimum atomic E-state index is -0.299. The van der Waals surface area contributed by atoms with E-state index in [2.05, 4.69) is 62.7 Å². The molecule has 2 unspecified atom stereocenters. The minimum Gasteiger partial charge on any atom is -0.342 e. The van der Waals surface area contributed by atoms with Crippen LogP contribution >= 0.6 is 0 Å². The Balaban J connectivity index is 1.68. The standard InChI is InChI=1S/C27H36N2O/c1-6-29(7-2)25(30)27-9-8-21(15-22(27)17-27)24-18-26(10-12-28-13-11-26)16-20(5)23(24)14-19(3)4/h8-9,14-15,18,22,28H,3,5-7,10-13,16-17H2,1-2,4H3/b23-14+. The van der Waals surface area contributed by atoms with Gasteiger partial charge in [0.15, 0.2) is 0 Å². The third-order valence-electron chi connectivity index (χ3n) is 7.44. The van der Waals surface area contributed by atoms with E-state index in [1.54, 1.807) is 0 Å². The summed E-state index contributed by atoms with van der Waals surface area (Å²) >= 11 is 0. The van der Waals surface area contributed by atoms with Gasteiger partial charge in [-0.1, -0.05) is 49.1 Å². The number of amides is 1. The van der Waals surface area contributed by atoms with Crippen LogP contribution in [0.3, 0.4) is 0 Å². The van der Waals surface area contributed by atoms with Crippen molar-refractivity contribution in [2.45, 2.75) is 46.5 Å². The molecule has 0 aromatic rings. The van der Waals surface area contributed by atoms with Gasteiger partial charge in [-0.15, -0.1) is 0 Å². The zero-order valence-electron chi connectivity index (χ0n) is 18.9. The molecule has 30 heavy (non-hydrogen) atoms. The van der Waals surface area contributed by atoms with Crippen LogP contribution in [0.1, 0.15) is 46.5 Å². The number of hydrogen-bond donors (Lipinski definition) is 1. The monoisotopic (exact) mass is 404 g/mol. The topological polar surface area (TPSA) is 32.3 Å². The summed E-state index contributed by atoms with van der Waals surface area (Å²) in [4.78, 5) is 15.1. The van der Waals surface area contributed by atoms with Gasteiger partial charge in [-0.2, -0.15) is 0 Å². The van der Waals surface area contributed by atoms with Crippen LogP contribution in [0.5, 0.6) is 0 Å². The van der Waals surface area contributed by atoms with E-state index in [9.17, 15) is 4.79 Å². The molecule has 2 fully saturated rings. The molecule has 160 valence electrons. The lowest BCUT2D eigenvalue weighted by Crippen LogP contribution is -2.38. The Bertz CT molecular complexity index is 890. The van der Waals surface area contributed by atoms with Crippen molar-refractivity contribution < 1.29 is 4.79 Å². The zero-order valence-corrected chi connectivity index (χ0v) is 18.9. The Kier molecular flexibility index (Phi) is 5.52. The van der Waals surface area contributed by atoms with Gasteiger partial charge in [-0.05, 0) is 93.2 Å². The van der Waals surface area contributed by atoms with Crippen molar-refractivity contribution in [1.82, 2.24) is 10.2 Å². The van der Waals surface area contributed by atoms with Gasteiger partial charge in [-0.25, -0.2) is 0 Å². The fourth-order valence-electron chi connectivity index (χ4n) is 5.57. The third kappa shape index (κ3) is 3.58. The van der Waals surface area contributed by atoms with Crippen molar-refractivity contribution in [3.05, 3.63) is 71.4 Å². The summed E-state index contributed by atoms with van der Waals surface area (Å²) in [5.74, 6) is 0.607. The van der Waals surface area contributed by atoms with Crippen molar-refractivity contribution in [2.75, 3.05) is 26.2 Å². The predicted molar refractivity (Wildman–Crippen MR) is 125 cm³/mol. The second-order valence-electron chi connectivity index (χ2n) is 9.64. The lowest BCUT2D eigenvalue weighted by atomic mass is 9.66. The maximum absolute atomic E-state index is 13.1. The van der Waals surface area contributed by atoms with Crippen LogP contribution < -0.4 is 5.32 Å². The largest absolute Gasteiger partial charge is 0.342 e. The number of nitrogens with zero attached hydrogens (tertiary/aromatic N) is 1. The summed E-state index contributed by atoms with van der Waals surface area (Å²) in [5, 5.41) is 3.50. The second-order valence-corrected chi connectivity index (χ2v) is 9.64. The van der Waals surface area contributed by atoms with Gasteiger partial charge in [-0.3, -0.25) is 4.79 Å². The van der Waals surface area contributed by atoms with Crippen molar-refractivity contribution in [2.24, 2.45) is 16.7 Å². The smallest absolute Gasteiger partial charge is 0.233 e. The average Bonchev–Trinajstić information content (AvgIpc) is 3.46. The van der Waals surface area contributed by atoms with Crippen LogP contribution in [0.15, 0.2) is 71.4 Å². The molecule has 4 rings (SSSR count). The van der Waals surface area contributed by atoms with E-state index >= 15 is 0 Å². The molecule has 3 nitrogen and oxygen atoms in total. The normalized spacial score (nSPS) is 30.6. The van der Waals surface area contributed by atoms with E-state index in [1.165, 1.54) is 22.3 Å². The number of hydrogen-bond acceptors (Lipinski definition) is 2. The molecule has 3 heteroatoms. The molecule has 3 aliphatic carbocycles. The van der Waals surface area contributed by atoms with Gasteiger partial charge in [0.25, 0.3) is 0 Å². The van der Waals surface area contributed by atoms with Gasteiger partial charge in [0, 0.05) is 13.1 Å². The Morgan fingerprint density at radius 1 is 1.30 bits per heavy atom. The van der Waals surface area contributed by atoms with Crippen LogP contribution in [0.2, 0.25) is 0 Å². The summed E-state index contributed by atoms with van der Waals surface area (Å²) < 4.78 is 0. The molecule has 1 heterocycles. The lowest BCUT2D eigenvalue weighted by molar-refractivity contribution is -0.135. The Morgan fingerprint density at radius 3 is 2.60 bits per heavy atom. The molecule has 1 saturated carbocycles. The molecule has 1 spiro atoms. The van der Waals surface area contributed by atoms with Crippen LogP contribution in [0, 0.1) is 16.7 Å². The highest BCUT2D eigenvalue weighted by Crippen LogP contribution is 2.59. The molecule has 0 aromatic heterocycles. The van der Waals surface area contributed by atoms with Crippen molar-refractivity contribution >= 4 is 5.91 Å². The Morgan fingerprint density at radius 2 is 2.00 bits per heavy atom. The number of piperidine rings is 1. The highest BCUT2D eigenvalue weighted by atomic mass is 16.2. The highest BCUT2D eigenvalue weighted by molar-refractivity contribution is 5.89. The van der Waals surface area contributed by atoms with E-state index in [4.69, 9.17) is 0 Å². The highest BCUT2D eigenvalue weighted by Gasteiger charge is 2.59. The molecule has 4 aliphatic rings. The molecule has 1 N–H and O–H groups in total. The van der Waals surface area contributed by atoms with Gasteiger partial charge in [0.05, 0.1) is 5.41 Å². The molecule has 0 bridgehead atoms. The first-order valence-corrected chi connectivity index (χ1v) is 11.5. The molecule has 0 aromatic carbocycles. The average molecular weight is 405 g/mol. The quantitative estimate of drug-likeness (QED) is 0.690. The molecule has 2 atom stereocenters. The molecule has 1 aliphatic heterocycles. The number of carbonyl (C=O) groups is 1. The van der Waals surface area contributed by atoms with Gasteiger partial charge in [0.2, 0.25) is 5.91 Å². The Labute approximate surface area is 182 Å². The van der Waals surface area contributed by atoms with Crippen molar-refractivity contribution in [1.29, 1.82) is 0 Å². The lowest BCUT2D eigenvalue weighted by Gasteiger charge is -2.41. The maximum Gasteiger partial charge on any atom is 0.233 e. The van der Waals surface area contributed by atoms with Gasteiger partial charge in [0.1, 0.15) is 0 Å². The summed E-state index contributed by atoms with van der Waals surface area (Å²) in [6.07, 6.45) is 15.7. The summed E-state index contributed by atoms with van der Waals surface area (Å²) in [5.41, 5.74) is 5.95. The maximum atomic E-state index is 13.1. The number of rotatable bonds is 5. The summed E-state index contributed by atoms with van der Waals surface area (Å²) in [6.45, 7) is 18.5. The van der Waals surface area contributed by atoms with Crippen LogP contribution in [-0.4, -0.2) is 37.0 Å². The summed E-state index contributed by atoms with van der Waals surface area (Å²) in [6, 6.07) is 0. The SMILES string of the molecule is C=C(C)/C=C1\C(=C)CC2(C=C1C1=CC3CC3(C(=O)N(CC)CC)C=C1)CCNCC2. The number of nitrogens with one attached hydrogen (secondary N) is 1. The molecular weight excluding hydrogens is 368 g/mol. The second kappa shape index (κ2) is 7.85. The summed E-state index contributed by atoms with van der Waals surface area (Å²) in [7, 11) is 0. The van der Waals surface area contributed by atoms with E-state index in [0.29, 0.717) is 11.8 Å². The number of allylic oxidation sites excluding steroid dienone is 9. The van der Waals surface area contributed by atoms with Crippen molar-refractivity contribution in [3.8, 4) is 0 Å². The molecule has 1 saturated heterocycles. The van der Waals surface area contributed by atoms with Crippen LogP contribution in [-0.2, 0) is 4.79 Å². The van der Waals surface area contributed by atoms with Crippen molar-refractivity contribution in [3.63, 3.8) is 0 Å². The Hall–Kier alpha value is -2.13. The zero-order chi connectivity index (χ0) is 21.5. The fraction of sp³-hybridized carbons (Fsp3) is 0.519. The van der Waals surface area contributed by atoms with E-state index in [1.807, 2.05) is 11.8 Å². The van der Waals surface area contributed by atoms with Gasteiger partial charge >= 0.3 is 0 Å². The molecule has 0 radical (unpaired) electrons. The number of carbonyl (C=O) groups excluding carboxylic acids is 1. The fourth-order valence-corrected chi connectivity index (χ4v) is 5.57. The minimum absolute atomic E-state index is 0.202. The molecule has 1 amide bonds. The van der Waals surface area contributed by atoms with Gasteiger partial charge < -0.3 is 10.2 Å². The van der Waals surface area contributed by atoms with E-state index < -0.39 is 0 Å². The first kappa shape index (κ1) is 21.1. The number of fused-ring (bicyclic) bond motifs is 1. The predicted octanol–water partition coefficient (Wildman–Crippen LogP) is 5.12. The first-order valence-electron chi connectivity index (χ1n) is 11.5. The molecular formula is C27H36N2O. The third-order valence-corrected chi connectivity index (χ3v) is 7.44. The van der Waals surface area contributed by atoms with Crippen LogP contribution in [0.25, 0.3) is 0 Å². The van der Waals surface area contributed by atoms with E-state index in [0.717, 1.165) is 57.4 Å². The van der Waals surface area contributed by atoms with E-state index in [-0.39, 0.29) is 10.8 Å².